The van der Waals surface area contributed by atoms with Crippen molar-refractivity contribution in [2.45, 2.75) is 19.8 Å². The van der Waals surface area contributed by atoms with Crippen molar-refractivity contribution in [2.24, 2.45) is 0 Å². The Morgan fingerprint density at radius 3 is 3.00 bits per heavy atom. The van der Waals surface area contributed by atoms with Crippen LogP contribution in [0.5, 0.6) is 0 Å². The van der Waals surface area contributed by atoms with Gasteiger partial charge < -0.3 is 5.32 Å². The second-order valence-electron chi connectivity index (χ2n) is 2.88. The van der Waals surface area contributed by atoms with Crippen molar-refractivity contribution < 1.29 is 9.18 Å². The Morgan fingerprint density at radius 1 is 1.77 bits per heavy atom. The average molecular weight is 248 g/mol. The van der Waals surface area contributed by atoms with Crippen molar-refractivity contribution >= 4 is 21.8 Å². The van der Waals surface area contributed by atoms with Crippen LogP contribution in [0.4, 0.5) is 4.39 Å². The van der Waals surface area contributed by atoms with E-state index in [1.54, 1.807) is 6.08 Å². The zero-order chi connectivity index (χ0) is 9.84. The molecular weight excluding hydrogens is 237 g/mol. The van der Waals surface area contributed by atoms with Gasteiger partial charge in [-0.25, -0.2) is 4.39 Å². The molecule has 0 bridgehead atoms. The first-order valence-electron chi connectivity index (χ1n) is 4.09. The zero-order valence-corrected chi connectivity index (χ0v) is 8.95. The van der Waals surface area contributed by atoms with Gasteiger partial charge in [0.25, 0.3) is 0 Å². The molecule has 0 aromatic rings. The van der Waals surface area contributed by atoms with Crippen molar-refractivity contribution in [1.82, 2.24) is 5.32 Å². The Hall–Kier alpha value is -0.640. The standard InChI is InChI=1S/C9H11BrFNO/c1-6(13)12-5-7-8(10)3-2-4-9(7)11/h4H,2-3,5H2,1H3,(H,12,13). The lowest BCUT2D eigenvalue weighted by Gasteiger charge is -2.13. The van der Waals surface area contributed by atoms with Crippen LogP contribution in [-0.4, -0.2) is 12.5 Å². The normalized spacial score (nSPS) is 17.0. The Labute approximate surface area is 85.0 Å². The molecule has 0 aliphatic heterocycles. The molecule has 1 aliphatic carbocycles. The summed E-state index contributed by atoms with van der Waals surface area (Å²) in [5.74, 6) is -0.377. The molecule has 0 aromatic heterocycles. The second-order valence-corrected chi connectivity index (χ2v) is 3.84. The first kappa shape index (κ1) is 10.4. The predicted octanol–water partition coefficient (Wildman–Crippen LogP) is 2.42. The molecule has 4 heteroatoms. The Balaban J connectivity index is 2.65. The molecule has 0 heterocycles. The number of hydrogen-bond donors (Lipinski definition) is 1. The molecule has 0 radical (unpaired) electrons. The molecular formula is C9H11BrFNO. The van der Waals surface area contributed by atoms with Gasteiger partial charge >= 0.3 is 0 Å². The summed E-state index contributed by atoms with van der Waals surface area (Å²) in [4.78, 5) is 10.6. The number of allylic oxidation sites excluding steroid dienone is 2. The molecule has 0 fully saturated rings. The first-order valence-corrected chi connectivity index (χ1v) is 4.88. The molecule has 1 N–H and O–H groups in total. The lowest BCUT2D eigenvalue weighted by Crippen LogP contribution is -2.23. The fourth-order valence-electron chi connectivity index (χ4n) is 1.12. The monoisotopic (exact) mass is 247 g/mol. The van der Waals surface area contributed by atoms with Gasteiger partial charge in [0.1, 0.15) is 5.83 Å². The molecule has 0 unspecified atom stereocenters. The molecule has 1 aliphatic rings. The summed E-state index contributed by atoms with van der Waals surface area (Å²) < 4.78 is 14.0. The van der Waals surface area contributed by atoms with Crippen LogP contribution in [0.3, 0.4) is 0 Å². The highest BCUT2D eigenvalue weighted by Crippen LogP contribution is 2.29. The molecule has 1 amide bonds. The number of hydrogen-bond acceptors (Lipinski definition) is 1. The maximum absolute atomic E-state index is 13.2. The summed E-state index contributed by atoms with van der Waals surface area (Å²) in [6.45, 7) is 1.68. The minimum atomic E-state index is -0.230. The van der Waals surface area contributed by atoms with E-state index in [1.807, 2.05) is 0 Å². The lowest BCUT2D eigenvalue weighted by molar-refractivity contribution is -0.118. The summed E-state index contributed by atoms with van der Waals surface area (Å²) in [6, 6.07) is 0. The molecule has 0 spiro atoms. The van der Waals surface area contributed by atoms with E-state index in [0.29, 0.717) is 5.57 Å². The third-order valence-electron chi connectivity index (χ3n) is 1.82. The van der Waals surface area contributed by atoms with Crippen molar-refractivity contribution in [3.05, 3.63) is 22.0 Å². The van der Waals surface area contributed by atoms with Crippen molar-refractivity contribution in [2.75, 3.05) is 6.54 Å². The van der Waals surface area contributed by atoms with Crippen LogP contribution in [0.2, 0.25) is 0 Å². The third-order valence-corrected chi connectivity index (χ3v) is 2.69. The highest BCUT2D eigenvalue weighted by molar-refractivity contribution is 9.11. The third kappa shape index (κ3) is 2.95. The van der Waals surface area contributed by atoms with Gasteiger partial charge in [0, 0.05) is 23.5 Å². The van der Waals surface area contributed by atoms with Crippen LogP contribution in [0, 0.1) is 0 Å². The highest BCUT2D eigenvalue weighted by atomic mass is 79.9. The SMILES string of the molecule is CC(=O)NCC1=C(Br)CCC=C1F. The number of nitrogens with one attached hydrogen (secondary N) is 1. The number of carbonyl (C=O) groups is 1. The summed E-state index contributed by atoms with van der Waals surface area (Å²) in [7, 11) is 0. The van der Waals surface area contributed by atoms with Gasteiger partial charge in [0.05, 0.1) is 0 Å². The van der Waals surface area contributed by atoms with Crippen LogP contribution in [0.1, 0.15) is 19.8 Å². The minimum absolute atomic E-state index is 0.147. The number of amides is 1. The quantitative estimate of drug-likeness (QED) is 0.798. The van der Waals surface area contributed by atoms with Gasteiger partial charge in [-0.15, -0.1) is 0 Å². The zero-order valence-electron chi connectivity index (χ0n) is 7.36. The van der Waals surface area contributed by atoms with Gasteiger partial charge in [0.2, 0.25) is 5.91 Å². The fourth-order valence-corrected chi connectivity index (χ4v) is 1.68. The largest absolute Gasteiger partial charge is 0.352 e. The molecule has 1 rings (SSSR count). The molecule has 2 nitrogen and oxygen atoms in total. The van der Waals surface area contributed by atoms with Gasteiger partial charge in [-0.1, -0.05) is 15.9 Å². The first-order chi connectivity index (χ1) is 6.11. The lowest BCUT2D eigenvalue weighted by atomic mass is 10.1. The maximum atomic E-state index is 13.2. The van der Waals surface area contributed by atoms with Crippen LogP contribution in [0.25, 0.3) is 0 Å². The van der Waals surface area contributed by atoms with Crippen LogP contribution >= 0.6 is 15.9 Å². The maximum Gasteiger partial charge on any atom is 0.217 e. The minimum Gasteiger partial charge on any atom is -0.352 e. The smallest absolute Gasteiger partial charge is 0.217 e. The summed E-state index contributed by atoms with van der Waals surface area (Å²) >= 11 is 3.29. The van der Waals surface area contributed by atoms with Crippen molar-refractivity contribution in [1.29, 1.82) is 0 Å². The van der Waals surface area contributed by atoms with Gasteiger partial charge in [-0.05, 0) is 18.9 Å². The summed E-state index contributed by atoms with van der Waals surface area (Å²) in [5.41, 5.74) is 0.557. The van der Waals surface area contributed by atoms with E-state index in [0.717, 1.165) is 17.3 Å². The molecule has 13 heavy (non-hydrogen) atoms. The van der Waals surface area contributed by atoms with Crippen LogP contribution < -0.4 is 5.32 Å². The fraction of sp³-hybridized carbons (Fsp3) is 0.444. The number of halogens is 2. The highest BCUT2D eigenvalue weighted by Gasteiger charge is 2.13. The van der Waals surface area contributed by atoms with Gasteiger partial charge in [-0.3, -0.25) is 4.79 Å². The Bertz CT molecular complexity index is 283. The molecule has 0 aromatic carbocycles. The molecule has 0 atom stereocenters. The van der Waals surface area contributed by atoms with E-state index in [9.17, 15) is 9.18 Å². The van der Waals surface area contributed by atoms with Crippen molar-refractivity contribution in [3.8, 4) is 0 Å². The van der Waals surface area contributed by atoms with Crippen LogP contribution in [-0.2, 0) is 4.79 Å². The molecule has 72 valence electrons. The average Bonchev–Trinajstić information content (AvgIpc) is 2.03. The van der Waals surface area contributed by atoms with E-state index < -0.39 is 0 Å². The Kier molecular flexibility index (Phi) is 3.66. The second kappa shape index (κ2) is 4.56. The van der Waals surface area contributed by atoms with Crippen LogP contribution in [0.15, 0.2) is 22.0 Å². The predicted molar refractivity (Wildman–Crippen MR) is 53.1 cm³/mol. The molecule has 0 saturated heterocycles. The summed E-state index contributed by atoms with van der Waals surface area (Å²) in [6.07, 6.45) is 3.07. The topological polar surface area (TPSA) is 29.1 Å². The Morgan fingerprint density at radius 2 is 2.46 bits per heavy atom. The molecule has 0 saturated carbocycles. The van der Waals surface area contributed by atoms with E-state index in [2.05, 4.69) is 21.2 Å². The van der Waals surface area contributed by atoms with Gasteiger partial charge in [-0.2, -0.15) is 0 Å². The van der Waals surface area contributed by atoms with E-state index in [1.165, 1.54) is 6.92 Å². The van der Waals surface area contributed by atoms with Crippen molar-refractivity contribution in [3.63, 3.8) is 0 Å². The number of carbonyl (C=O) groups excluding carboxylic acids is 1. The van der Waals surface area contributed by atoms with Gasteiger partial charge in [0.15, 0.2) is 0 Å². The van der Waals surface area contributed by atoms with E-state index in [-0.39, 0.29) is 18.3 Å². The summed E-state index contributed by atoms with van der Waals surface area (Å²) in [5, 5.41) is 2.57. The van der Waals surface area contributed by atoms with E-state index >= 15 is 0 Å². The van der Waals surface area contributed by atoms with E-state index in [4.69, 9.17) is 0 Å². The number of rotatable bonds is 2.